The van der Waals surface area contributed by atoms with Crippen molar-refractivity contribution in [3.8, 4) is 0 Å². The van der Waals surface area contributed by atoms with Gasteiger partial charge in [0, 0.05) is 6.42 Å². The van der Waals surface area contributed by atoms with Gasteiger partial charge in [-0.2, -0.15) is 0 Å². The van der Waals surface area contributed by atoms with Crippen LogP contribution in [0.3, 0.4) is 0 Å². The lowest BCUT2D eigenvalue weighted by Gasteiger charge is -2.28. The van der Waals surface area contributed by atoms with Crippen LogP contribution in [0.1, 0.15) is 84.0 Å². The maximum Gasteiger partial charge on any atom is 0.222 e. The molecule has 0 aliphatic rings. The molecule has 0 aromatic carbocycles. The molecule has 0 bridgehead atoms. The average molecular weight is 408 g/mol. The zero-order valence-electron chi connectivity index (χ0n) is 17.2. The van der Waals surface area contributed by atoms with Crippen LogP contribution in [0.4, 0.5) is 0 Å². The van der Waals surface area contributed by atoms with Gasteiger partial charge in [-0.3, -0.25) is 4.79 Å². The van der Waals surface area contributed by atoms with E-state index < -0.39 is 43.2 Å². The van der Waals surface area contributed by atoms with Crippen LogP contribution in [-0.2, 0) is 4.79 Å². The summed E-state index contributed by atoms with van der Waals surface area (Å²) < 4.78 is 0. The van der Waals surface area contributed by atoms with Crippen LogP contribution in [-0.4, -0.2) is 73.8 Å². The van der Waals surface area contributed by atoms with Gasteiger partial charge in [-0.25, -0.2) is 0 Å². The zero-order valence-corrected chi connectivity index (χ0v) is 17.2. The van der Waals surface area contributed by atoms with Gasteiger partial charge in [-0.15, -0.1) is 0 Å². The van der Waals surface area contributed by atoms with Gasteiger partial charge in [0.25, 0.3) is 0 Å². The number of hydrogen-bond acceptors (Lipinski definition) is 7. The summed E-state index contributed by atoms with van der Waals surface area (Å²) in [7, 11) is 0. The number of aliphatic hydroxyl groups excluding tert-OH is 6. The molecular weight excluding hydrogens is 366 g/mol. The maximum absolute atomic E-state index is 11.8. The Morgan fingerprint density at radius 1 is 0.714 bits per heavy atom. The number of hydrogen-bond donors (Lipinski definition) is 7. The fourth-order valence-electron chi connectivity index (χ4n) is 3.00. The molecule has 0 radical (unpaired) electrons. The second-order valence-electron chi connectivity index (χ2n) is 7.52. The number of carbonyl (C=O) groups is 1. The van der Waals surface area contributed by atoms with Crippen molar-refractivity contribution in [2.45, 2.75) is 115 Å². The Morgan fingerprint density at radius 3 is 1.64 bits per heavy atom. The van der Waals surface area contributed by atoms with E-state index in [0.29, 0.717) is 6.42 Å². The van der Waals surface area contributed by atoms with Gasteiger partial charge in [0.1, 0.15) is 24.4 Å². The average Bonchev–Trinajstić information content (AvgIpc) is 2.69. The lowest BCUT2D eigenvalue weighted by molar-refractivity contribution is -0.151. The number of aliphatic hydroxyl groups is 6. The third-order valence-corrected chi connectivity index (χ3v) is 4.92. The number of nitrogens with one attached hydrogen (secondary N) is 1. The van der Waals surface area contributed by atoms with E-state index in [1.165, 1.54) is 44.9 Å². The highest BCUT2D eigenvalue weighted by Crippen LogP contribution is 2.12. The third kappa shape index (κ3) is 12.6. The summed E-state index contributed by atoms with van der Waals surface area (Å²) in [5, 5.41) is 58.8. The standard InChI is InChI=1S/C20H41NO7/c1-2-3-4-5-6-7-8-9-10-11-12-13-16(24)21-20(28)19(27)18(26)17(25)15(23)14-22/h15,17-20,22-23,25-28H,2-14H2,1H3,(H,21,24)/t15-,17-,18+,19-,20?/m1/s1. The number of amides is 1. The number of carbonyl (C=O) groups excluding carboxylic acids is 1. The van der Waals surface area contributed by atoms with Crippen molar-refractivity contribution in [1.29, 1.82) is 0 Å². The highest BCUT2D eigenvalue weighted by molar-refractivity contribution is 5.76. The van der Waals surface area contributed by atoms with Gasteiger partial charge in [-0.05, 0) is 6.42 Å². The Hall–Kier alpha value is -0.770. The molecule has 0 spiro atoms. The molecule has 28 heavy (non-hydrogen) atoms. The van der Waals surface area contributed by atoms with E-state index >= 15 is 0 Å². The van der Waals surface area contributed by atoms with E-state index in [2.05, 4.69) is 12.2 Å². The summed E-state index contributed by atoms with van der Waals surface area (Å²) in [6, 6.07) is 0. The minimum Gasteiger partial charge on any atom is -0.394 e. The minimum absolute atomic E-state index is 0.193. The van der Waals surface area contributed by atoms with Gasteiger partial charge in [-0.1, -0.05) is 71.1 Å². The molecule has 168 valence electrons. The van der Waals surface area contributed by atoms with Crippen molar-refractivity contribution in [2.75, 3.05) is 6.61 Å². The Morgan fingerprint density at radius 2 is 1.18 bits per heavy atom. The van der Waals surface area contributed by atoms with Crippen molar-refractivity contribution in [3.63, 3.8) is 0 Å². The van der Waals surface area contributed by atoms with Gasteiger partial charge < -0.3 is 36.0 Å². The van der Waals surface area contributed by atoms with E-state index in [1.807, 2.05) is 0 Å². The van der Waals surface area contributed by atoms with E-state index in [1.54, 1.807) is 0 Å². The van der Waals surface area contributed by atoms with Crippen molar-refractivity contribution in [3.05, 3.63) is 0 Å². The SMILES string of the molecule is CCCCCCCCCCCCCC(=O)NC(O)[C@H](O)[C@@H](O)[C@H](O)[C@H](O)CO. The second kappa shape index (κ2) is 17.1. The Kier molecular flexibility index (Phi) is 16.6. The predicted molar refractivity (Wildman–Crippen MR) is 106 cm³/mol. The lowest BCUT2D eigenvalue weighted by atomic mass is 10.0. The Balaban J connectivity index is 3.77. The molecule has 0 rings (SSSR count). The molecule has 1 unspecified atom stereocenters. The van der Waals surface area contributed by atoms with Crippen LogP contribution in [0.2, 0.25) is 0 Å². The molecule has 0 heterocycles. The summed E-state index contributed by atoms with van der Waals surface area (Å²) in [4.78, 5) is 11.8. The summed E-state index contributed by atoms with van der Waals surface area (Å²) in [6.07, 6.45) is 3.84. The molecule has 5 atom stereocenters. The molecule has 0 saturated carbocycles. The fraction of sp³-hybridized carbons (Fsp3) is 0.950. The van der Waals surface area contributed by atoms with Gasteiger partial charge in [0.15, 0.2) is 6.23 Å². The zero-order chi connectivity index (χ0) is 21.4. The molecule has 0 aliphatic carbocycles. The molecule has 0 fully saturated rings. The van der Waals surface area contributed by atoms with Crippen molar-refractivity contribution >= 4 is 5.91 Å². The number of rotatable bonds is 18. The van der Waals surface area contributed by atoms with Gasteiger partial charge in [0.2, 0.25) is 5.91 Å². The van der Waals surface area contributed by atoms with E-state index in [9.17, 15) is 30.3 Å². The van der Waals surface area contributed by atoms with Gasteiger partial charge in [0.05, 0.1) is 6.61 Å². The molecule has 8 heteroatoms. The summed E-state index contributed by atoms with van der Waals surface area (Å²) >= 11 is 0. The van der Waals surface area contributed by atoms with Crippen LogP contribution >= 0.6 is 0 Å². The van der Waals surface area contributed by atoms with Crippen molar-refractivity contribution in [2.24, 2.45) is 0 Å². The van der Waals surface area contributed by atoms with Crippen LogP contribution in [0.15, 0.2) is 0 Å². The van der Waals surface area contributed by atoms with Crippen LogP contribution in [0.25, 0.3) is 0 Å². The van der Waals surface area contributed by atoms with Crippen molar-refractivity contribution in [1.82, 2.24) is 5.32 Å². The molecule has 0 aliphatic heterocycles. The first kappa shape index (κ1) is 27.2. The van der Waals surface area contributed by atoms with E-state index in [0.717, 1.165) is 19.3 Å². The van der Waals surface area contributed by atoms with E-state index in [-0.39, 0.29) is 6.42 Å². The normalized spacial score (nSPS) is 17.0. The Labute approximate surface area is 168 Å². The maximum atomic E-state index is 11.8. The molecule has 8 nitrogen and oxygen atoms in total. The largest absolute Gasteiger partial charge is 0.394 e. The fourth-order valence-corrected chi connectivity index (χ4v) is 3.00. The quantitative estimate of drug-likeness (QED) is 0.130. The summed E-state index contributed by atoms with van der Waals surface area (Å²) in [6.45, 7) is 1.40. The molecule has 7 N–H and O–H groups in total. The predicted octanol–water partition coefficient (Wildman–Crippen LogP) is 0.558. The number of unbranched alkanes of at least 4 members (excludes halogenated alkanes) is 10. The third-order valence-electron chi connectivity index (χ3n) is 4.92. The Bertz CT molecular complexity index is 384. The monoisotopic (exact) mass is 407 g/mol. The lowest BCUT2D eigenvalue weighted by Crippen LogP contribution is -2.54. The summed E-state index contributed by atoms with van der Waals surface area (Å²) in [5.41, 5.74) is 0. The summed E-state index contributed by atoms with van der Waals surface area (Å²) in [5.74, 6) is -0.466. The smallest absolute Gasteiger partial charge is 0.222 e. The highest BCUT2D eigenvalue weighted by atomic mass is 16.4. The topological polar surface area (TPSA) is 150 Å². The van der Waals surface area contributed by atoms with Crippen molar-refractivity contribution < 1.29 is 35.4 Å². The first-order valence-corrected chi connectivity index (χ1v) is 10.7. The minimum atomic E-state index is -1.92. The molecule has 1 amide bonds. The molecule has 0 aromatic heterocycles. The molecule has 0 saturated heterocycles. The first-order chi connectivity index (χ1) is 13.3. The molecule has 0 aromatic rings. The van der Waals surface area contributed by atoms with Crippen LogP contribution in [0, 0.1) is 0 Å². The van der Waals surface area contributed by atoms with Crippen LogP contribution < -0.4 is 5.32 Å². The molecular formula is C20H41NO7. The van der Waals surface area contributed by atoms with Crippen LogP contribution in [0.5, 0.6) is 0 Å². The first-order valence-electron chi connectivity index (χ1n) is 10.7. The second-order valence-corrected chi connectivity index (χ2v) is 7.52. The van der Waals surface area contributed by atoms with E-state index in [4.69, 9.17) is 5.11 Å². The highest BCUT2D eigenvalue weighted by Gasteiger charge is 2.34. The van der Waals surface area contributed by atoms with Gasteiger partial charge >= 0.3 is 0 Å².